The van der Waals surface area contributed by atoms with Crippen molar-refractivity contribution in [2.75, 3.05) is 5.32 Å². The minimum absolute atomic E-state index is 0.141. The number of carboxylic acid groups (broad SMARTS) is 1. The van der Waals surface area contributed by atoms with Crippen molar-refractivity contribution in [3.63, 3.8) is 0 Å². The highest BCUT2D eigenvalue weighted by Gasteiger charge is 2.13. The average Bonchev–Trinajstić information content (AvgIpc) is 2.40. The number of benzene rings is 1. The fraction of sp³-hybridized carbons (Fsp3) is 0.0714. The molecule has 1 amide bonds. The SMILES string of the molecule is Cc1c(NC(=O)c2cccc(Cl)n2)cccc1C(=O)O. The molecule has 0 saturated carbocycles. The minimum Gasteiger partial charge on any atom is -0.478 e. The quantitative estimate of drug-likeness (QED) is 0.852. The molecule has 1 aromatic carbocycles. The van der Waals surface area contributed by atoms with Crippen LogP contribution < -0.4 is 5.32 Å². The van der Waals surface area contributed by atoms with Crippen LogP contribution in [0.1, 0.15) is 26.4 Å². The van der Waals surface area contributed by atoms with Gasteiger partial charge < -0.3 is 10.4 Å². The molecule has 0 aliphatic carbocycles. The Labute approximate surface area is 120 Å². The van der Waals surface area contributed by atoms with E-state index in [1.165, 1.54) is 12.1 Å². The zero-order chi connectivity index (χ0) is 14.7. The molecule has 0 spiro atoms. The van der Waals surface area contributed by atoms with Crippen molar-refractivity contribution in [2.24, 2.45) is 0 Å². The van der Waals surface area contributed by atoms with Crippen LogP contribution in [-0.4, -0.2) is 22.0 Å². The number of halogens is 1. The number of hydrogen-bond donors (Lipinski definition) is 2. The summed E-state index contributed by atoms with van der Waals surface area (Å²) in [5.74, 6) is -1.49. The highest BCUT2D eigenvalue weighted by molar-refractivity contribution is 6.29. The van der Waals surface area contributed by atoms with Crippen molar-refractivity contribution in [1.29, 1.82) is 0 Å². The lowest BCUT2D eigenvalue weighted by atomic mass is 10.1. The first-order valence-corrected chi connectivity index (χ1v) is 6.13. The molecule has 0 unspecified atom stereocenters. The number of carboxylic acids is 1. The third-order valence-electron chi connectivity index (χ3n) is 2.76. The van der Waals surface area contributed by atoms with Crippen molar-refractivity contribution < 1.29 is 14.7 Å². The summed E-state index contributed by atoms with van der Waals surface area (Å²) in [5, 5.41) is 11.9. The van der Waals surface area contributed by atoms with Gasteiger partial charge in [-0.3, -0.25) is 4.79 Å². The van der Waals surface area contributed by atoms with Crippen LogP contribution in [0.4, 0.5) is 5.69 Å². The van der Waals surface area contributed by atoms with Gasteiger partial charge in [0.1, 0.15) is 10.8 Å². The largest absolute Gasteiger partial charge is 0.478 e. The van der Waals surface area contributed by atoms with Crippen LogP contribution >= 0.6 is 11.6 Å². The Morgan fingerprint density at radius 3 is 2.55 bits per heavy atom. The molecule has 0 saturated heterocycles. The summed E-state index contributed by atoms with van der Waals surface area (Å²) in [4.78, 5) is 26.9. The monoisotopic (exact) mass is 290 g/mol. The summed E-state index contributed by atoms with van der Waals surface area (Å²) in [6.45, 7) is 1.63. The van der Waals surface area contributed by atoms with Gasteiger partial charge in [0.25, 0.3) is 5.91 Å². The minimum atomic E-state index is -1.04. The molecule has 2 aromatic rings. The highest BCUT2D eigenvalue weighted by Crippen LogP contribution is 2.19. The van der Waals surface area contributed by atoms with Gasteiger partial charge in [-0.1, -0.05) is 23.7 Å². The van der Waals surface area contributed by atoms with Gasteiger partial charge in [-0.05, 0) is 36.8 Å². The molecule has 0 aliphatic heterocycles. The van der Waals surface area contributed by atoms with Crippen LogP contribution in [0.25, 0.3) is 0 Å². The second-order valence-electron chi connectivity index (χ2n) is 4.08. The van der Waals surface area contributed by atoms with E-state index in [-0.39, 0.29) is 16.4 Å². The number of nitrogens with zero attached hydrogens (tertiary/aromatic N) is 1. The standard InChI is InChI=1S/C14H11ClN2O3/c1-8-9(14(19)20)4-2-5-10(8)17-13(18)11-6-3-7-12(15)16-11/h2-7H,1H3,(H,17,18)(H,19,20). The maximum Gasteiger partial charge on any atom is 0.336 e. The first-order chi connectivity index (χ1) is 9.49. The van der Waals surface area contributed by atoms with Crippen molar-refractivity contribution in [3.05, 3.63) is 58.4 Å². The molecule has 0 fully saturated rings. The number of aromatic carboxylic acids is 1. The number of pyridine rings is 1. The number of rotatable bonds is 3. The molecule has 1 heterocycles. The van der Waals surface area contributed by atoms with E-state index < -0.39 is 11.9 Å². The number of carbonyl (C=O) groups excluding carboxylic acids is 1. The third kappa shape index (κ3) is 2.95. The molecule has 1 aromatic heterocycles. The van der Waals surface area contributed by atoms with Gasteiger partial charge in [0.15, 0.2) is 0 Å². The van der Waals surface area contributed by atoms with Crippen LogP contribution in [0.15, 0.2) is 36.4 Å². The van der Waals surface area contributed by atoms with Crippen LogP contribution in [0.3, 0.4) is 0 Å². The number of carbonyl (C=O) groups is 2. The Morgan fingerprint density at radius 1 is 1.20 bits per heavy atom. The smallest absolute Gasteiger partial charge is 0.336 e. The summed E-state index contributed by atoms with van der Waals surface area (Å²) in [5.41, 5.74) is 1.21. The Morgan fingerprint density at radius 2 is 1.90 bits per heavy atom. The molecular weight excluding hydrogens is 280 g/mol. The number of hydrogen-bond acceptors (Lipinski definition) is 3. The van der Waals surface area contributed by atoms with E-state index in [2.05, 4.69) is 10.3 Å². The first kappa shape index (κ1) is 14.0. The van der Waals surface area contributed by atoms with Gasteiger partial charge >= 0.3 is 5.97 Å². The van der Waals surface area contributed by atoms with E-state index in [1.807, 2.05) is 0 Å². The van der Waals surface area contributed by atoms with Crippen LogP contribution in [0, 0.1) is 6.92 Å². The lowest BCUT2D eigenvalue weighted by molar-refractivity contribution is 0.0695. The van der Waals surface area contributed by atoms with E-state index in [9.17, 15) is 9.59 Å². The molecule has 0 radical (unpaired) electrons. The fourth-order valence-corrected chi connectivity index (χ4v) is 1.89. The van der Waals surface area contributed by atoms with Crippen molar-refractivity contribution in [3.8, 4) is 0 Å². The molecule has 0 bridgehead atoms. The molecule has 102 valence electrons. The van der Waals surface area contributed by atoms with Gasteiger partial charge in [0, 0.05) is 5.69 Å². The average molecular weight is 291 g/mol. The van der Waals surface area contributed by atoms with E-state index >= 15 is 0 Å². The number of amides is 1. The van der Waals surface area contributed by atoms with E-state index in [4.69, 9.17) is 16.7 Å². The predicted octanol–water partition coefficient (Wildman–Crippen LogP) is 2.99. The van der Waals surface area contributed by atoms with Crippen LogP contribution in [-0.2, 0) is 0 Å². The fourth-order valence-electron chi connectivity index (χ4n) is 1.72. The molecule has 20 heavy (non-hydrogen) atoms. The van der Waals surface area contributed by atoms with Crippen molar-refractivity contribution in [1.82, 2.24) is 4.98 Å². The van der Waals surface area contributed by atoms with Gasteiger partial charge in [0.05, 0.1) is 5.56 Å². The Bertz CT molecular complexity index is 686. The topological polar surface area (TPSA) is 79.3 Å². The zero-order valence-electron chi connectivity index (χ0n) is 10.6. The Balaban J connectivity index is 2.29. The number of aromatic nitrogens is 1. The van der Waals surface area contributed by atoms with Gasteiger partial charge in [0.2, 0.25) is 0 Å². The molecule has 0 aliphatic rings. The second-order valence-corrected chi connectivity index (χ2v) is 4.47. The maximum atomic E-state index is 12.0. The van der Waals surface area contributed by atoms with Gasteiger partial charge in [-0.2, -0.15) is 0 Å². The van der Waals surface area contributed by atoms with E-state index in [0.29, 0.717) is 11.3 Å². The number of anilines is 1. The summed E-state index contributed by atoms with van der Waals surface area (Å²) in [6, 6.07) is 9.38. The van der Waals surface area contributed by atoms with Gasteiger partial charge in [-0.15, -0.1) is 0 Å². The van der Waals surface area contributed by atoms with E-state index in [1.54, 1.807) is 31.2 Å². The second kappa shape index (κ2) is 5.71. The molecule has 2 rings (SSSR count). The predicted molar refractivity (Wildman–Crippen MR) is 75.3 cm³/mol. The lowest BCUT2D eigenvalue weighted by Gasteiger charge is -2.10. The number of nitrogens with one attached hydrogen (secondary N) is 1. The van der Waals surface area contributed by atoms with Crippen molar-refractivity contribution >= 4 is 29.2 Å². The summed E-state index contributed by atoms with van der Waals surface area (Å²) < 4.78 is 0. The lowest BCUT2D eigenvalue weighted by Crippen LogP contribution is -2.15. The zero-order valence-corrected chi connectivity index (χ0v) is 11.3. The normalized spacial score (nSPS) is 10.1. The van der Waals surface area contributed by atoms with E-state index in [0.717, 1.165) is 0 Å². The molecule has 6 heteroatoms. The van der Waals surface area contributed by atoms with Crippen molar-refractivity contribution in [2.45, 2.75) is 6.92 Å². The highest BCUT2D eigenvalue weighted by atomic mass is 35.5. The third-order valence-corrected chi connectivity index (χ3v) is 2.97. The molecule has 5 nitrogen and oxygen atoms in total. The van der Waals surface area contributed by atoms with Crippen LogP contribution in [0.2, 0.25) is 5.15 Å². The molecule has 2 N–H and O–H groups in total. The maximum absolute atomic E-state index is 12.0. The summed E-state index contributed by atoms with van der Waals surface area (Å²) >= 11 is 5.72. The first-order valence-electron chi connectivity index (χ1n) is 5.76. The summed E-state index contributed by atoms with van der Waals surface area (Å²) in [7, 11) is 0. The summed E-state index contributed by atoms with van der Waals surface area (Å²) in [6.07, 6.45) is 0. The van der Waals surface area contributed by atoms with Gasteiger partial charge in [-0.25, -0.2) is 9.78 Å². The Kier molecular flexibility index (Phi) is 4.00. The Hall–Kier alpha value is -2.40. The molecule has 0 atom stereocenters. The molecular formula is C14H11ClN2O3. The van der Waals surface area contributed by atoms with Crippen LogP contribution in [0.5, 0.6) is 0 Å².